The number of amides is 1. The maximum absolute atomic E-state index is 13.4. The van der Waals surface area contributed by atoms with Gasteiger partial charge in [0.1, 0.15) is 5.60 Å². The first-order valence-corrected chi connectivity index (χ1v) is 13.4. The van der Waals surface area contributed by atoms with Gasteiger partial charge in [-0.25, -0.2) is 9.78 Å². The van der Waals surface area contributed by atoms with Crippen molar-refractivity contribution in [2.75, 3.05) is 20.2 Å². The monoisotopic (exact) mass is 487 g/mol. The molecular weight excluding hydrogens is 454 g/mol. The molecule has 1 aromatic heterocycles. The summed E-state index contributed by atoms with van der Waals surface area (Å²) in [5.74, 6) is 0.483. The molecule has 1 saturated heterocycles. The van der Waals surface area contributed by atoms with Gasteiger partial charge in [0.05, 0.1) is 12.4 Å². The van der Waals surface area contributed by atoms with Gasteiger partial charge in [0.25, 0.3) is 0 Å². The Morgan fingerprint density at radius 2 is 1.94 bits per heavy atom. The molecule has 2 heterocycles. The summed E-state index contributed by atoms with van der Waals surface area (Å²) in [6.07, 6.45) is 4.04. The molecule has 2 aromatic rings. The summed E-state index contributed by atoms with van der Waals surface area (Å²) in [4.78, 5) is 31.2. The number of carbonyl (C=O) groups excluding carboxylic acids is 2. The van der Waals surface area contributed by atoms with E-state index in [1.165, 1.54) is 10.5 Å². The first-order valence-electron chi connectivity index (χ1n) is 11.5. The molecule has 0 unspecified atom stereocenters. The van der Waals surface area contributed by atoms with Crippen LogP contribution in [-0.2, 0) is 38.9 Å². The number of nitrogens with zero attached hydrogens (tertiary/aromatic N) is 2. The zero-order valence-corrected chi connectivity index (χ0v) is 21.1. The van der Waals surface area contributed by atoms with Gasteiger partial charge in [0.2, 0.25) is 11.0 Å². The zero-order valence-electron chi connectivity index (χ0n) is 20.2. The van der Waals surface area contributed by atoms with Gasteiger partial charge >= 0.3 is 6.09 Å². The number of aryl methyl sites for hydroxylation is 1. The molecule has 184 valence electrons. The molecule has 0 spiro atoms. The highest BCUT2D eigenvalue weighted by molar-refractivity contribution is 8.15. The van der Waals surface area contributed by atoms with Crippen LogP contribution < -0.4 is 9.88 Å². The van der Waals surface area contributed by atoms with E-state index in [0.717, 1.165) is 41.5 Å². The number of thiol groups is 1. The van der Waals surface area contributed by atoms with Crippen molar-refractivity contribution in [3.8, 4) is 17.0 Å². The second kappa shape index (κ2) is 9.11. The Morgan fingerprint density at radius 3 is 2.62 bits per heavy atom. The quantitative estimate of drug-likeness (QED) is 0.628. The summed E-state index contributed by atoms with van der Waals surface area (Å²) in [5.41, 5.74) is 4.41. The molecule has 1 aliphatic heterocycles. The molecule has 9 heteroatoms. The van der Waals surface area contributed by atoms with E-state index in [1.54, 1.807) is 34.1 Å². The van der Waals surface area contributed by atoms with Gasteiger partial charge in [-0.15, -0.1) is 0 Å². The largest absolute Gasteiger partial charge is 0.481 e. The molecule has 0 atom stereocenters. The highest BCUT2D eigenvalue weighted by Gasteiger charge is 2.43. The number of fused-ring (bicyclic) bond motifs is 1. The third-order valence-electron chi connectivity index (χ3n) is 6.43. The van der Waals surface area contributed by atoms with E-state index in [2.05, 4.69) is 11.1 Å². The lowest BCUT2D eigenvalue weighted by Gasteiger charge is -2.43. The van der Waals surface area contributed by atoms with Gasteiger partial charge < -0.3 is 14.4 Å². The molecule has 8 nitrogen and oxygen atoms in total. The number of likely N-dealkylation sites (tertiary alicyclic amines) is 1. The molecule has 0 radical (unpaired) electrons. The lowest BCUT2D eigenvalue weighted by atomic mass is 9.92. The Hall–Kier alpha value is -2.78. The minimum atomic E-state index is -3.66. The number of hydrogen-bond donors (Lipinski definition) is 2. The lowest BCUT2D eigenvalue weighted by molar-refractivity contribution is -0.111. The van der Waals surface area contributed by atoms with Crippen molar-refractivity contribution in [2.24, 2.45) is 5.14 Å². The first-order chi connectivity index (χ1) is 16.0. The molecule has 1 amide bonds. The smallest absolute Gasteiger partial charge is 0.410 e. The minimum absolute atomic E-state index is 0.000139. The second-order valence-electron chi connectivity index (χ2n) is 9.99. The third-order valence-corrected chi connectivity index (χ3v) is 8.78. The summed E-state index contributed by atoms with van der Waals surface area (Å²) in [5, 5.41) is 5.18. The number of methoxy groups -OCH3 is 1. The van der Waals surface area contributed by atoms with Gasteiger partial charge in [0, 0.05) is 41.9 Å². The Morgan fingerprint density at radius 1 is 1.21 bits per heavy atom. The van der Waals surface area contributed by atoms with Gasteiger partial charge in [0.15, 0.2) is 0 Å². The minimum Gasteiger partial charge on any atom is -0.481 e. The summed E-state index contributed by atoms with van der Waals surface area (Å²) < 4.78 is 24.0. The van der Waals surface area contributed by atoms with Crippen LogP contribution in [0.3, 0.4) is 0 Å². The molecule has 0 saturated carbocycles. The number of rotatable bonds is 5. The number of aromatic nitrogens is 1. The average molecular weight is 488 g/mol. The maximum atomic E-state index is 13.4. The Kier molecular flexibility index (Phi) is 6.52. The number of benzene rings is 1. The van der Waals surface area contributed by atoms with E-state index < -0.39 is 32.2 Å². The van der Waals surface area contributed by atoms with Gasteiger partial charge in [-0.1, -0.05) is 12.1 Å². The number of carbonyl (C=O) groups is 2. The Balaban J connectivity index is 1.55. The summed E-state index contributed by atoms with van der Waals surface area (Å²) in [7, 11) is -2.10. The van der Waals surface area contributed by atoms with Crippen LogP contribution >= 0.6 is 0 Å². The second-order valence-corrected chi connectivity index (χ2v) is 12.6. The van der Waals surface area contributed by atoms with Gasteiger partial charge in [-0.3, -0.25) is 14.1 Å². The van der Waals surface area contributed by atoms with Crippen molar-refractivity contribution >= 4 is 21.3 Å². The van der Waals surface area contributed by atoms with Gasteiger partial charge in [-0.05, 0) is 73.9 Å². The molecule has 2 N–H and O–H groups in total. The van der Waals surface area contributed by atoms with E-state index in [-0.39, 0.29) is 19.5 Å². The number of nitrogens with two attached hydrogens (primary N) is 1. The van der Waals surface area contributed by atoms with E-state index in [0.29, 0.717) is 5.88 Å². The van der Waals surface area contributed by atoms with E-state index in [9.17, 15) is 13.8 Å². The van der Waals surface area contributed by atoms with Crippen LogP contribution in [0.2, 0.25) is 0 Å². The van der Waals surface area contributed by atoms with Gasteiger partial charge in [-0.2, -0.15) is 0 Å². The molecule has 1 aromatic carbocycles. The fourth-order valence-corrected chi connectivity index (χ4v) is 6.25. The average Bonchev–Trinajstić information content (AvgIpc) is 3.20. The zero-order chi connectivity index (χ0) is 24.7. The van der Waals surface area contributed by atoms with Crippen molar-refractivity contribution in [1.82, 2.24) is 9.88 Å². The fourth-order valence-electron chi connectivity index (χ4n) is 4.56. The van der Waals surface area contributed by atoms with Crippen LogP contribution in [0.5, 0.6) is 5.88 Å². The number of ether oxygens (including phenoxy) is 2. The molecule has 0 bridgehead atoms. The van der Waals surface area contributed by atoms with Crippen molar-refractivity contribution < 1.29 is 23.3 Å². The predicted octanol–water partition coefficient (Wildman–Crippen LogP) is 2.82. The van der Waals surface area contributed by atoms with Crippen LogP contribution in [0, 0.1) is 0 Å². The normalized spacial score (nSPS) is 16.6. The van der Waals surface area contributed by atoms with Crippen LogP contribution in [-0.4, -0.2) is 56.4 Å². The standard InChI is InChI=1S/C25H33N3O5S/c1-25(2,3)33-24(30)28-14-18(15-28)34(26,31)23(29)13-21-19-7-5-6-16(19)8-9-20(21)17-10-11-27-22(12-17)32-4/h8-12,18,34H,5-7,13-15H2,1-4H3,(H2,26,31). The van der Waals surface area contributed by atoms with Crippen LogP contribution in [0.25, 0.3) is 11.1 Å². The van der Waals surface area contributed by atoms with E-state index in [4.69, 9.17) is 14.6 Å². The molecule has 34 heavy (non-hydrogen) atoms. The highest BCUT2D eigenvalue weighted by atomic mass is 32.3. The van der Waals surface area contributed by atoms with Crippen LogP contribution in [0.4, 0.5) is 4.79 Å². The molecule has 4 rings (SSSR count). The first kappa shape index (κ1) is 24.3. The van der Waals surface area contributed by atoms with E-state index in [1.807, 2.05) is 18.2 Å². The summed E-state index contributed by atoms with van der Waals surface area (Å²) in [6, 6.07) is 7.82. The predicted molar refractivity (Wildman–Crippen MR) is 132 cm³/mol. The number of pyridine rings is 1. The molecule has 2 aliphatic rings. The Bertz CT molecular complexity index is 1170. The molecule has 1 fully saturated rings. The maximum Gasteiger partial charge on any atom is 0.410 e. The number of hydrogen-bond acceptors (Lipinski definition) is 6. The van der Waals surface area contributed by atoms with Crippen molar-refractivity contribution in [2.45, 2.75) is 57.3 Å². The van der Waals surface area contributed by atoms with E-state index >= 15 is 0 Å². The van der Waals surface area contributed by atoms with Crippen molar-refractivity contribution in [3.63, 3.8) is 0 Å². The SMILES string of the molecule is COc1cc(-c2ccc3c(c2CC(=O)[SH](N)(=O)C2CN(C(=O)OC(C)(C)C)C2)CCC3)ccn1. The Labute approximate surface area is 201 Å². The highest BCUT2D eigenvalue weighted by Crippen LogP contribution is 2.35. The third kappa shape index (κ3) is 4.86. The van der Waals surface area contributed by atoms with Crippen LogP contribution in [0.15, 0.2) is 30.5 Å². The fraction of sp³-hybridized carbons (Fsp3) is 0.480. The molecular formula is C25H33N3O5S. The van der Waals surface area contributed by atoms with Crippen LogP contribution in [0.1, 0.15) is 43.9 Å². The summed E-state index contributed by atoms with van der Waals surface area (Å²) in [6.45, 7) is 5.68. The summed E-state index contributed by atoms with van der Waals surface area (Å²) >= 11 is 0. The topological polar surface area (TPSA) is 112 Å². The lowest BCUT2D eigenvalue weighted by Crippen LogP contribution is -2.63. The van der Waals surface area contributed by atoms with Crippen molar-refractivity contribution in [3.05, 3.63) is 47.2 Å². The molecule has 1 aliphatic carbocycles. The van der Waals surface area contributed by atoms with Crippen molar-refractivity contribution in [1.29, 1.82) is 0 Å².